The van der Waals surface area contributed by atoms with Crippen LogP contribution >= 0.6 is 58.0 Å². The zero-order chi connectivity index (χ0) is 30.9. The maximum absolute atomic E-state index is 13.3. The fourth-order valence-corrected chi connectivity index (χ4v) is 6.63. The second-order valence-corrected chi connectivity index (χ2v) is 13.1. The number of nitriles is 1. The van der Waals surface area contributed by atoms with Gasteiger partial charge in [0, 0.05) is 45.9 Å². The van der Waals surface area contributed by atoms with Gasteiger partial charge in [0.25, 0.3) is 0 Å². The maximum Gasteiger partial charge on any atom is 0.231 e. The first-order chi connectivity index (χ1) is 20.5. The van der Waals surface area contributed by atoms with E-state index in [1.54, 1.807) is 48.5 Å². The van der Waals surface area contributed by atoms with Gasteiger partial charge in [0.2, 0.25) is 5.91 Å². The number of alkyl halides is 2. The molecule has 218 valence electrons. The lowest BCUT2D eigenvalue weighted by atomic mass is 9.98. The number of Topliss-reactive ketones (excluding diaryl/α,β-unsaturated/α-hetero) is 1. The minimum absolute atomic E-state index is 0.131. The predicted octanol–water partition coefficient (Wildman–Crippen LogP) is 9.39. The van der Waals surface area contributed by atoms with Gasteiger partial charge in [-0.05, 0) is 89.8 Å². The van der Waals surface area contributed by atoms with E-state index >= 15 is 0 Å². The third-order valence-corrected chi connectivity index (χ3v) is 9.09. The molecule has 0 spiro atoms. The number of nitrogens with one attached hydrogen (secondary N) is 2. The van der Waals surface area contributed by atoms with Gasteiger partial charge in [-0.15, -0.1) is 23.2 Å². The average molecular weight is 672 g/mol. The normalized spacial score (nSPS) is 16.7. The Hall–Kier alpha value is -3.24. The summed E-state index contributed by atoms with van der Waals surface area (Å²) >= 11 is 31.6. The summed E-state index contributed by atoms with van der Waals surface area (Å²) in [5.74, 6) is -1.83. The number of aryl methyl sites for hydroxylation is 1. The monoisotopic (exact) mass is 669 g/mol. The molecule has 1 saturated carbocycles. The van der Waals surface area contributed by atoms with Crippen LogP contribution in [0.2, 0.25) is 15.1 Å². The van der Waals surface area contributed by atoms with E-state index in [0.29, 0.717) is 39.0 Å². The topological polar surface area (TPSA) is 82.0 Å². The molecule has 5 rings (SSSR count). The Bertz CT molecular complexity index is 1750. The predicted molar refractivity (Wildman–Crippen MR) is 175 cm³/mol. The molecule has 0 radical (unpaired) electrons. The van der Waals surface area contributed by atoms with Gasteiger partial charge in [-0.25, -0.2) is 0 Å². The maximum atomic E-state index is 13.3. The molecule has 0 aromatic heterocycles. The molecule has 43 heavy (non-hydrogen) atoms. The standard InChI is InChI=1S/C33H24Cl5N3O2/c1-18-10-25(40-17-20-4-2-19(16-39)3-5-20)7-6-21(18)13-29(42)27-15-26(8-9-28(27)36)41-32(43)31-30(33(31,37)38)22-11-23(34)14-24(35)12-22/h2-12,14-15,30-31,40H,13,17H2,1H3,(H,41,43). The van der Waals surface area contributed by atoms with Gasteiger partial charge in [-0.3, -0.25) is 9.59 Å². The van der Waals surface area contributed by atoms with Crippen molar-refractivity contribution < 1.29 is 9.59 Å². The lowest BCUT2D eigenvalue weighted by molar-refractivity contribution is -0.117. The molecule has 2 N–H and O–H groups in total. The van der Waals surface area contributed by atoms with Crippen LogP contribution in [0.3, 0.4) is 0 Å². The average Bonchev–Trinajstić information content (AvgIpc) is 3.55. The van der Waals surface area contributed by atoms with E-state index in [1.807, 2.05) is 37.3 Å². The summed E-state index contributed by atoms with van der Waals surface area (Å²) in [7, 11) is 0. The van der Waals surface area contributed by atoms with E-state index < -0.39 is 22.1 Å². The van der Waals surface area contributed by atoms with Crippen LogP contribution in [0.15, 0.2) is 78.9 Å². The van der Waals surface area contributed by atoms with Crippen LogP contribution < -0.4 is 10.6 Å². The van der Waals surface area contributed by atoms with Gasteiger partial charge in [-0.2, -0.15) is 5.26 Å². The molecule has 0 aliphatic heterocycles. The van der Waals surface area contributed by atoms with Crippen molar-refractivity contribution in [2.24, 2.45) is 5.92 Å². The van der Waals surface area contributed by atoms with Crippen molar-refractivity contribution in [1.82, 2.24) is 0 Å². The molecular weight excluding hydrogens is 648 g/mol. The van der Waals surface area contributed by atoms with E-state index in [4.69, 9.17) is 63.3 Å². The Balaban J connectivity index is 1.24. The van der Waals surface area contributed by atoms with E-state index in [1.165, 1.54) is 0 Å². The summed E-state index contributed by atoms with van der Waals surface area (Å²) in [4.78, 5) is 26.5. The molecule has 0 bridgehead atoms. The number of carbonyl (C=O) groups excluding carboxylic acids is 2. The SMILES string of the molecule is Cc1cc(NCc2ccc(C#N)cc2)ccc1CC(=O)c1cc(NC(=O)C2C(c3cc(Cl)cc(Cl)c3)C2(Cl)Cl)ccc1Cl. The van der Waals surface area contributed by atoms with E-state index in [9.17, 15) is 9.59 Å². The molecule has 4 aromatic rings. The van der Waals surface area contributed by atoms with Crippen molar-refractivity contribution in [2.75, 3.05) is 10.6 Å². The van der Waals surface area contributed by atoms with Crippen molar-refractivity contribution in [3.8, 4) is 6.07 Å². The van der Waals surface area contributed by atoms with Crippen molar-refractivity contribution >= 4 is 81.1 Å². The molecule has 2 atom stereocenters. The Morgan fingerprint density at radius 2 is 1.56 bits per heavy atom. The Labute approximate surface area is 274 Å². The fraction of sp³-hybridized carbons (Fsp3) is 0.182. The number of hydrogen-bond acceptors (Lipinski definition) is 4. The highest BCUT2D eigenvalue weighted by atomic mass is 35.5. The van der Waals surface area contributed by atoms with Gasteiger partial charge >= 0.3 is 0 Å². The second kappa shape index (κ2) is 12.8. The minimum Gasteiger partial charge on any atom is -0.381 e. The van der Waals surface area contributed by atoms with Gasteiger partial charge in [0.15, 0.2) is 5.78 Å². The zero-order valence-corrected chi connectivity index (χ0v) is 26.5. The van der Waals surface area contributed by atoms with Gasteiger partial charge in [-0.1, -0.05) is 53.0 Å². The van der Waals surface area contributed by atoms with Gasteiger partial charge < -0.3 is 10.6 Å². The number of anilines is 2. The minimum atomic E-state index is -1.33. The van der Waals surface area contributed by atoms with E-state index in [0.717, 1.165) is 22.4 Å². The summed E-state index contributed by atoms with van der Waals surface area (Å²) in [6.07, 6.45) is 0.131. The third-order valence-electron chi connectivity index (χ3n) is 7.39. The molecule has 2 unspecified atom stereocenters. The fourth-order valence-electron chi connectivity index (χ4n) is 5.03. The highest BCUT2D eigenvalue weighted by Crippen LogP contribution is 2.65. The third kappa shape index (κ3) is 7.12. The number of carbonyl (C=O) groups is 2. The highest BCUT2D eigenvalue weighted by molar-refractivity contribution is 6.53. The lowest BCUT2D eigenvalue weighted by Gasteiger charge is -2.12. The van der Waals surface area contributed by atoms with Crippen molar-refractivity contribution in [3.05, 3.63) is 127 Å². The number of benzene rings is 4. The highest BCUT2D eigenvalue weighted by Gasteiger charge is 2.67. The number of nitrogens with zero attached hydrogens (tertiary/aromatic N) is 1. The molecule has 10 heteroatoms. The molecule has 0 saturated heterocycles. The quantitative estimate of drug-likeness (QED) is 0.137. The van der Waals surface area contributed by atoms with Gasteiger partial charge in [0.1, 0.15) is 4.33 Å². The number of amides is 1. The first-order valence-corrected chi connectivity index (χ1v) is 15.1. The van der Waals surface area contributed by atoms with E-state index in [2.05, 4.69) is 16.7 Å². The molecule has 1 aliphatic carbocycles. The van der Waals surface area contributed by atoms with Crippen LogP contribution in [-0.4, -0.2) is 16.0 Å². The summed E-state index contributed by atoms with van der Waals surface area (Å²) in [6.45, 7) is 2.54. The second-order valence-electron chi connectivity index (χ2n) is 10.4. The number of ketones is 1. The summed E-state index contributed by atoms with van der Waals surface area (Å²) < 4.78 is -1.33. The summed E-state index contributed by atoms with van der Waals surface area (Å²) in [6, 6.07) is 25.0. The van der Waals surface area contributed by atoms with Gasteiger partial charge in [0.05, 0.1) is 22.6 Å². The number of halogens is 5. The van der Waals surface area contributed by atoms with Crippen LogP contribution in [0.5, 0.6) is 0 Å². The van der Waals surface area contributed by atoms with Crippen molar-refractivity contribution in [3.63, 3.8) is 0 Å². The molecule has 1 aliphatic rings. The van der Waals surface area contributed by atoms with Crippen molar-refractivity contribution in [1.29, 1.82) is 5.26 Å². The van der Waals surface area contributed by atoms with E-state index in [-0.39, 0.29) is 17.2 Å². The largest absolute Gasteiger partial charge is 0.381 e. The van der Waals surface area contributed by atoms with Crippen molar-refractivity contribution in [2.45, 2.75) is 30.1 Å². The zero-order valence-electron chi connectivity index (χ0n) is 22.7. The first kappa shape index (κ1) is 31.2. The van der Waals surface area contributed by atoms with Crippen LogP contribution in [0.25, 0.3) is 0 Å². The van der Waals surface area contributed by atoms with Crippen LogP contribution in [0, 0.1) is 24.2 Å². The Morgan fingerprint density at radius 1 is 0.884 bits per heavy atom. The van der Waals surface area contributed by atoms with Crippen LogP contribution in [0.4, 0.5) is 11.4 Å². The first-order valence-electron chi connectivity index (χ1n) is 13.3. The molecule has 1 amide bonds. The molecular formula is C33H24Cl5N3O2. The summed E-state index contributed by atoms with van der Waals surface area (Å²) in [5, 5.41) is 16.3. The number of hydrogen-bond donors (Lipinski definition) is 2. The lowest BCUT2D eigenvalue weighted by Crippen LogP contribution is -2.17. The van der Waals surface area contributed by atoms with Crippen LogP contribution in [0.1, 0.15) is 44.1 Å². The number of rotatable bonds is 9. The smallest absolute Gasteiger partial charge is 0.231 e. The molecule has 5 nitrogen and oxygen atoms in total. The molecule has 4 aromatic carbocycles. The molecule has 0 heterocycles. The van der Waals surface area contributed by atoms with Crippen LogP contribution in [-0.2, 0) is 17.8 Å². The Morgan fingerprint density at radius 3 is 2.21 bits per heavy atom. The molecule has 1 fully saturated rings. The Kier molecular flexibility index (Phi) is 9.27. The summed E-state index contributed by atoms with van der Waals surface area (Å²) in [5.41, 5.74) is 5.73.